The molecule has 0 unspecified atom stereocenters. The predicted octanol–water partition coefficient (Wildman–Crippen LogP) is 3.93. The molecule has 1 aromatic heterocycles. The molecule has 3 rings (SSSR count). The maximum absolute atomic E-state index is 12.4. The van der Waals surface area contributed by atoms with E-state index in [2.05, 4.69) is 32.9 Å². The number of amides is 1. The molecule has 0 radical (unpaired) electrons. The van der Waals surface area contributed by atoms with Crippen LogP contribution in [-0.2, 0) is 4.79 Å². The SMILES string of the molecule is O=C(COc1ccc(C(=O)c2ccc(I)cc2)cc1)Nc1cccnc1. The summed E-state index contributed by atoms with van der Waals surface area (Å²) in [5, 5.41) is 2.69. The monoisotopic (exact) mass is 458 g/mol. The first-order valence-electron chi connectivity index (χ1n) is 7.85. The Morgan fingerprint density at radius 2 is 1.62 bits per heavy atom. The second kappa shape index (κ2) is 8.57. The number of nitrogens with zero attached hydrogens (tertiary/aromatic N) is 1. The molecule has 0 aliphatic carbocycles. The highest BCUT2D eigenvalue weighted by Gasteiger charge is 2.09. The molecule has 5 nitrogen and oxygen atoms in total. The van der Waals surface area contributed by atoms with Crippen molar-refractivity contribution in [3.05, 3.63) is 87.8 Å². The van der Waals surface area contributed by atoms with Crippen LogP contribution in [0.15, 0.2) is 73.1 Å². The third-order valence-corrected chi connectivity index (χ3v) is 4.26. The average molecular weight is 458 g/mol. The third-order valence-electron chi connectivity index (χ3n) is 3.54. The molecule has 0 aliphatic rings. The first kappa shape index (κ1) is 18.1. The van der Waals surface area contributed by atoms with E-state index in [0.29, 0.717) is 22.6 Å². The van der Waals surface area contributed by atoms with Crippen LogP contribution < -0.4 is 10.1 Å². The van der Waals surface area contributed by atoms with Gasteiger partial charge < -0.3 is 10.1 Å². The van der Waals surface area contributed by atoms with Crippen molar-refractivity contribution in [2.45, 2.75) is 0 Å². The number of carbonyl (C=O) groups is 2. The van der Waals surface area contributed by atoms with E-state index >= 15 is 0 Å². The summed E-state index contributed by atoms with van der Waals surface area (Å²) in [6, 6.07) is 17.6. The van der Waals surface area contributed by atoms with Gasteiger partial charge in [0.05, 0.1) is 11.9 Å². The molecule has 0 atom stereocenters. The highest BCUT2D eigenvalue weighted by atomic mass is 127. The van der Waals surface area contributed by atoms with E-state index < -0.39 is 0 Å². The van der Waals surface area contributed by atoms with Gasteiger partial charge in [-0.1, -0.05) is 0 Å². The number of benzene rings is 2. The maximum Gasteiger partial charge on any atom is 0.262 e. The molecule has 0 saturated carbocycles. The summed E-state index contributed by atoms with van der Waals surface area (Å²) in [6.07, 6.45) is 3.19. The zero-order valence-corrected chi connectivity index (χ0v) is 15.8. The summed E-state index contributed by atoms with van der Waals surface area (Å²) in [4.78, 5) is 28.2. The third kappa shape index (κ3) is 4.89. The lowest BCUT2D eigenvalue weighted by Gasteiger charge is -2.08. The van der Waals surface area contributed by atoms with Crippen LogP contribution in [0.25, 0.3) is 0 Å². The van der Waals surface area contributed by atoms with Gasteiger partial charge in [0.2, 0.25) is 0 Å². The second-order valence-electron chi connectivity index (χ2n) is 5.44. The number of nitrogens with one attached hydrogen (secondary N) is 1. The number of hydrogen-bond donors (Lipinski definition) is 1. The summed E-state index contributed by atoms with van der Waals surface area (Å²) < 4.78 is 6.53. The van der Waals surface area contributed by atoms with Gasteiger partial charge in [0.25, 0.3) is 5.91 Å². The highest BCUT2D eigenvalue weighted by Crippen LogP contribution is 2.16. The lowest BCUT2D eigenvalue weighted by atomic mass is 10.0. The summed E-state index contributed by atoms with van der Waals surface area (Å²) in [7, 11) is 0. The Bertz CT molecular complexity index is 895. The number of anilines is 1. The lowest BCUT2D eigenvalue weighted by molar-refractivity contribution is -0.118. The molecule has 1 heterocycles. The first-order chi connectivity index (χ1) is 12.6. The van der Waals surface area contributed by atoms with Crippen LogP contribution in [0.5, 0.6) is 5.75 Å². The molecule has 0 saturated heterocycles. The lowest BCUT2D eigenvalue weighted by Crippen LogP contribution is -2.20. The van der Waals surface area contributed by atoms with Crippen molar-refractivity contribution in [3.8, 4) is 5.75 Å². The first-order valence-corrected chi connectivity index (χ1v) is 8.93. The second-order valence-corrected chi connectivity index (χ2v) is 6.68. The molecule has 0 bridgehead atoms. The normalized spacial score (nSPS) is 10.2. The van der Waals surface area contributed by atoms with Crippen molar-refractivity contribution in [2.75, 3.05) is 11.9 Å². The van der Waals surface area contributed by atoms with E-state index in [0.717, 1.165) is 3.57 Å². The van der Waals surface area contributed by atoms with Crippen LogP contribution in [0.2, 0.25) is 0 Å². The molecule has 2 aromatic carbocycles. The van der Waals surface area contributed by atoms with Gasteiger partial charge in [-0.05, 0) is 83.3 Å². The summed E-state index contributed by atoms with van der Waals surface area (Å²) >= 11 is 2.20. The van der Waals surface area contributed by atoms with Gasteiger partial charge in [-0.2, -0.15) is 0 Å². The van der Waals surface area contributed by atoms with Gasteiger partial charge in [-0.15, -0.1) is 0 Å². The Hall–Kier alpha value is -2.74. The summed E-state index contributed by atoms with van der Waals surface area (Å²) in [6.45, 7) is -0.126. The van der Waals surface area contributed by atoms with Gasteiger partial charge in [0, 0.05) is 20.9 Å². The van der Waals surface area contributed by atoms with Crippen molar-refractivity contribution in [3.63, 3.8) is 0 Å². The zero-order valence-electron chi connectivity index (χ0n) is 13.7. The number of hydrogen-bond acceptors (Lipinski definition) is 4. The number of pyridine rings is 1. The molecule has 3 aromatic rings. The molecule has 26 heavy (non-hydrogen) atoms. The maximum atomic E-state index is 12.4. The van der Waals surface area contributed by atoms with Crippen molar-refractivity contribution < 1.29 is 14.3 Å². The van der Waals surface area contributed by atoms with Gasteiger partial charge in [0.15, 0.2) is 12.4 Å². The minimum absolute atomic E-state index is 0.0535. The smallest absolute Gasteiger partial charge is 0.262 e. The Balaban J connectivity index is 1.56. The largest absolute Gasteiger partial charge is 0.484 e. The van der Waals surface area contributed by atoms with E-state index in [1.165, 1.54) is 0 Å². The van der Waals surface area contributed by atoms with E-state index in [1.807, 2.05) is 12.1 Å². The van der Waals surface area contributed by atoms with Crippen LogP contribution in [0.3, 0.4) is 0 Å². The van der Waals surface area contributed by atoms with E-state index in [4.69, 9.17) is 4.74 Å². The van der Waals surface area contributed by atoms with E-state index in [1.54, 1.807) is 60.9 Å². The van der Waals surface area contributed by atoms with Crippen LogP contribution in [0.4, 0.5) is 5.69 Å². The quantitative estimate of drug-likeness (QED) is 0.449. The van der Waals surface area contributed by atoms with Crippen LogP contribution in [0, 0.1) is 3.57 Å². The molecule has 0 fully saturated rings. The van der Waals surface area contributed by atoms with Crippen LogP contribution in [-0.4, -0.2) is 23.3 Å². The number of aromatic nitrogens is 1. The number of ketones is 1. The van der Waals surface area contributed by atoms with Crippen molar-refractivity contribution in [1.29, 1.82) is 0 Å². The Morgan fingerprint density at radius 3 is 2.23 bits per heavy atom. The van der Waals surface area contributed by atoms with Crippen LogP contribution in [0.1, 0.15) is 15.9 Å². The summed E-state index contributed by atoms with van der Waals surface area (Å²) in [5.41, 5.74) is 1.81. The van der Waals surface area contributed by atoms with E-state index in [-0.39, 0.29) is 18.3 Å². The topological polar surface area (TPSA) is 68.3 Å². The Morgan fingerprint density at radius 1 is 0.962 bits per heavy atom. The number of rotatable bonds is 6. The highest BCUT2D eigenvalue weighted by molar-refractivity contribution is 14.1. The zero-order chi connectivity index (χ0) is 18.4. The molecule has 1 N–H and O–H groups in total. The number of halogens is 1. The Labute approximate surface area is 164 Å². The average Bonchev–Trinajstić information content (AvgIpc) is 2.68. The van der Waals surface area contributed by atoms with Gasteiger partial charge in [-0.25, -0.2) is 0 Å². The Kier molecular flexibility index (Phi) is 5.96. The van der Waals surface area contributed by atoms with E-state index in [9.17, 15) is 9.59 Å². The molecule has 130 valence electrons. The number of ether oxygens (including phenoxy) is 1. The molecular weight excluding hydrogens is 443 g/mol. The van der Waals surface area contributed by atoms with Gasteiger partial charge in [-0.3, -0.25) is 14.6 Å². The van der Waals surface area contributed by atoms with Crippen LogP contribution >= 0.6 is 22.6 Å². The van der Waals surface area contributed by atoms with Crippen molar-refractivity contribution >= 4 is 40.0 Å². The molecule has 0 spiro atoms. The summed E-state index contributed by atoms with van der Waals surface area (Å²) in [5.74, 6) is 0.185. The standard InChI is InChI=1S/C20H15IN2O3/c21-16-7-3-14(4-8-16)20(25)15-5-9-18(10-6-15)26-13-19(24)23-17-2-1-11-22-12-17/h1-12H,13H2,(H,23,24). The predicted molar refractivity (Wildman–Crippen MR) is 107 cm³/mol. The number of carbonyl (C=O) groups excluding carboxylic acids is 2. The van der Waals surface area contributed by atoms with Crippen molar-refractivity contribution in [1.82, 2.24) is 4.98 Å². The minimum atomic E-state index is -0.281. The molecule has 1 amide bonds. The fourth-order valence-corrected chi connectivity index (χ4v) is 2.61. The minimum Gasteiger partial charge on any atom is -0.484 e. The van der Waals surface area contributed by atoms with Gasteiger partial charge in [0.1, 0.15) is 5.75 Å². The molecular formula is C20H15IN2O3. The van der Waals surface area contributed by atoms with Crippen molar-refractivity contribution in [2.24, 2.45) is 0 Å². The van der Waals surface area contributed by atoms with Gasteiger partial charge >= 0.3 is 0 Å². The molecule has 0 aliphatic heterocycles. The fraction of sp³-hybridized carbons (Fsp3) is 0.0500. The fourth-order valence-electron chi connectivity index (χ4n) is 2.25. The molecule has 6 heteroatoms.